The zero-order valence-electron chi connectivity index (χ0n) is 15.8. The number of aryl methyl sites for hydroxylation is 1. The number of fused-ring (bicyclic) bond motifs is 1. The second-order valence-corrected chi connectivity index (χ2v) is 8.87. The smallest absolute Gasteiger partial charge is 0.335 e. The van der Waals surface area contributed by atoms with Crippen molar-refractivity contribution in [2.75, 3.05) is 6.54 Å². The minimum Gasteiger partial charge on any atom is -0.478 e. The molecule has 0 aliphatic carbocycles. The van der Waals surface area contributed by atoms with Gasteiger partial charge in [-0.05, 0) is 31.0 Å². The maximum absolute atomic E-state index is 13.7. The fourth-order valence-corrected chi connectivity index (χ4v) is 5.53. The Bertz CT molecular complexity index is 1170. The van der Waals surface area contributed by atoms with Gasteiger partial charge in [-0.15, -0.1) is 0 Å². The molecule has 3 aromatic rings. The molecule has 0 saturated carbocycles. The fourth-order valence-electron chi connectivity index (χ4n) is 3.68. The van der Waals surface area contributed by atoms with E-state index >= 15 is 0 Å². The lowest BCUT2D eigenvalue weighted by Gasteiger charge is -2.27. The number of pyridine rings is 1. The van der Waals surface area contributed by atoms with Gasteiger partial charge < -0.3 is 9.63 Å². The van der Waals surface area contributed by atoms with Crippen LogP contribution in [0.25, 0.3) is 10.9 Å². The predicted molar refractivity (Wildman–Crippen MR) is 103 cm³/mol. The molecule has 1 aromatic carbocycles. The van der Waals surface area contributed by atoms with Crippen molar-refractivity contribution in [1.82, 2.24) is 19.4 Å². The van der Waals surface area contributed by atoms with Crippen LogP contribution in [0, 0.1) is 6.92 Å². The number of hydrogen-bond acceptors (Lipinski definition) is 7. The zero-order chi connectivity index (χ0) is 20.6. The van der Waals surface area contributed by atoms with Gasteiger partial charge >= 0.3 is 5.97 Å². The molecule has 4 rings (SSSR count). The molecule has 0 spiro atoms. The minimum atomic E-state index is -4.07. The standard InChI is InChI=1S/C19H20N4O5S/c1-12-21-18(22-28-12)15-7-3-2-4-9-23(15)29(26,27)16-11-14(19(24)25)10-13-6-5-8-20-17(13)16/h5-6,8,10-11,15H,2-4,7,9H2,1H3,(H,24,25). The molecule has 0 radical (unpaired) electrons. The van der Waals surface area contributed by atoms with Crippen LogP contribution in [0.3, 0.4) is 0 Å². The van der Waals surface area contributed by atoms with Crippen LogP contribution >= 0.6 is 0 Å². The monoisotopic (exact) mass is 416 g/mol. The first-order valence-corrected chi connectivity index (χ1v) is 10.8. The third kappa shape index (κ3) is 3.60. The molecule has 1 unspecified atom stereocenters. The Morgan fingerprint density at radius 3 is 2.83 bits per heavy atom. The maximum Gasteiger partial charge on any atom is 0.335 e. The highest BCUT2D eigenvalue weighted by molar-refractivity contribution is 7.89. The zero-order valence-corrected chi connectivity index (χ0v) is 16.6. The lowest BCUT2D eigenvalue weighted by atomic mass is 10.1. The van der Waals surface area contributed by atoms with Crippen molar-refractivity contribution in [1.29, 1.82) is 0 Å². The van der Waals surface area contributed by atoms with E-state index in [1.54, 1.807) is 19.1 Å². The molecule has 152 valence electrons. The number of aromatic nitrogens is 3. The number of nitrogens with zero attached hydrogens (tertiary/aromatic N) is 4. The largest absolute Gasteiger partial charge is 0.478 e. The van der Waals surface area contributed by atoms with Crippen molar-refractivity contribution < 1.29 is 22.8 Å². The Labute approximate surface area is 167 Å². The van der Waals surface area contributed by atoms with Gasteiger partial charge in [-0.25, -0.2) is 13.2 Å². The second-order valence-electron chi connectivity index (χ2n) is 7.01. The van der Waals surface area contributed by atoms with E-state index in [0.29, 0.717) is 29.9 Å². The molecule has 1 N–H and O–H groups in total. The van der Waals surface area contributed by atoms with Crippen LogP contribution in [-0.4, -0.2) is 45.5 Å². The normalized spacial score (nSPS) is 18.6. The number of carboxylic acid groups (broad SMARTS) is 1. The van der Waals surface area contributed by atoms with Gasteiger partial charge in [-0.1, -0.05) is 24.1 Å². The molecule has 3 heterocycles. The number of sulfonamides is 1. The SMILES string of the molecule is Cc1nc(C2CCCCCN2S(=O)(=O)c2cc(C(=O)O)cc3cccnc23)no1. The van der Waals surface area contributed by atoms with E-state index in [-0.39, 0.29) is 22.5 Å². The number of carboxylic acids is 1. The summed E-state index contributed by atoms with van der Waals surface area (Å²) in [5, 5.41) is 13.9. The molecule has 10 heteroatoms. The summed E-state index contributed by atoms with van der Waals surface area (Å²) in [4.78, 5) is 19.9. The molecule has 29 heavy (non-hydrogen) atoms. The third-order valence-electron chi connectivity index (χ3n) is 5.05. The van der Waals surface area contributed by atoms with Crippen molar-refractivity contribution in [3.63, 3.8) is 0 Å². The Balaban J connectivity index is 1.89. The van der Waals surface area contributed by atoms with Crippen LogP contribution in [0.15, 0.2) is 39.9 Å². The van der Waals surface area contributed by atoms with Crippen molar-refractivity contribution in [2.24, 2.45) is 0 Å². The van der Waals surface area contributed by atoms with Crippen molar-refractivity contribution in [3.05, 3.63) is 47.7 Å². The Morgan fingerprint density at radius 1 is 1.28 bits per heavy atom. The second kappa shape index (κ2) is 7.53. The summed E-state index contributed by atoms with van der Waals surface area (Å²) in [5.41, 5.74) is 0.135. The first-order chi connectivity index (χ1) is 13.9. The van der Waals surface area contributed by atoms with Crippen molar-refractivity contribution in [3.8, 4) is 0 Å². The number of carbonyl (C=O) groups is 1. The lowest BCUT2D eigenvalue weighted by molar-refractivity contribution is 0.0697. The predicted octanol–water partition coefficient (Wildman–Crippen LogP) is 2.93. The molecular weight excluding hydrogens is 396 g/mol. The van der Waals surface area contributed by atoms with Crippen LogP contribution in [0.1, 0.15) is 53.8 Å². The Hall–Kier alpha value is -2.85. The molecule has 1 aliphatic heterocycles. The maximum atomic E-state index is 13.7. The van der Waals surface area contributed by atoms with E-state index in [4.69, 9.17) is 4.52 Å². The first-order valence-electron chi connectivity index (χ1n) is 9.32. The van der Waals surface area contributed by atoms with E-state index in [9.17, 15) is 18.3 Å². The highest BCUT2D eigenvalue weighted by Gasteiger charge is 2.37. The van der Waals surface area contributed by atoms with Crippen LogP contribution in [0.2, 0.25) is 0 Å². The van der Waals surface area contributed by atoms with Gasteiger partial charge in [0.15, 0.2) is 5.82 Å². The average molecular weight is 416 g/mol. The molecule has 1 fully saturated rings. The summed E-state index contributed by atoms with van der Waals surface area (Å²) < 4.78 is 33.9. The minimum absolute atomic E-state index is 0.106. The number of hydrogen-bond donors (Lipinski definition) is 1. The van der Waals surface area contributed by atoms with Gasteiger partial charge in [0.05, 0.1) is 17.1 Å². The highest BCUT2D eigenvalue weighted by Crippen LogP contribution is 2.35. The van der Waals surface area contributed by atoms with E-state index < -0.39 is 22.0 Å². The van der Waals surface area contributed by atoms with Crippen LogP contribution in [0.5, 0.6) is 0 Å². The molecule has 2 aromatic heterocycles. The third-order valence-corrected chi connectivity index (χ3v) is 6.97. The molecule has 0 bridgehead atoms. The van der Waals surface area contributed by atoms with Gasteiger partial charge in [-0.3, -0.25) is 4.98 Å². The topological polar surface area (TPSA) is 126 Å². The average Bonchev–Trinajstić information content (AvgIpc) is 2.98. The molecule has 1 saturated heterocycles. The fraction of sp³-hybridized carbons (Fsp3) is 0.368. The Morgan fingerprint density at radius 2 is 2.10 bits per heavy atom. The van der Waals surface area contributed by atoms with Crippen LogP contribution < -0.4 is 0 Å². The van der Waals surface area contributed by atoms with Gasteiger partial charge in [0.2, 0.25) is 15.9 Å². The van der Waals surface area contributed by atoms with E-state index in [1.165, 1.54) is 22.6 Å². The summed E-state index contributed by atoms with van der Waals surface area (Å²) in [6, 6.07) is 5.31. The van der Waals surface area contributed by atoms with Crippen molar-refractivity contribution >= 4 is 26.9 Å². The van der Waals surface area contributed by atoms with Gasteiger partial charge in [0.1, 0.15) is 4.90 Å². The molecule has 9 nitrogen and oxygen atoms in total. The Kier molecular flexibility index (Phi) is 5.05. The lowest BCUT2D eigenvalue weighted by Crippen LogP contribution is -2.35. The number of benzene rings is 1. The van der Waals surface area contributed by atoms with Gasteiger partial charge in [0.25, 0.3) is 0 Å². The number of rotatable bonds is 4. The van der Waals surface area contributed by atoms with Gasteiger partial charge in [0, 0.05) is 25.1 Å². The summed E-state index contributed by atoms with van der Waals surface area (Å²) in [5.74, 6) is -0.519. The van der Waals surface area contributed by atoms with Crippen LogP contribution in [-0.2, 0) is 10.0 Å². The quantitative estimate of drug-likeness (QED) is 0.688. The van der Waals surface area contributed by atoms with E-state index in [2.05, 4.69) is 15.1 Å². The summed E-state index contributed by atoms with van der Waals surface area (Å²) in [6.45, 7) is 1.94. The molecule has 1 aliphatic rings. The first kappa shape index (κ1) is 19.5. The van der Waals surface area contributed by atoms with Gasteiger partial charge in [-0.2, -0.15) is 9.29 Å². The summed E-state index contributed by atoms with van der Waals surface area (Å²) in [6.07, 6.45) is 4.45. The van der Waals surface area contributed by atoms with Crippen molar-refractivity contribution in [2.45, 2.75) is 43.5 Å². The number of aromatic carboxylic acids is 1. The van der Waals surface area contributed by atoms with E-state index in [0.717, 1.165) is 12.8 Å². The molecule has 0 amide bonds. The highest BCUT2D eigenvalue weighted by atomic mass is 32.2. The molecule has 1 atom stereocenters. The molecular formula is C19H20N4O5S. The van der Waals surface area contributed by atoms with E-state index in [1.807, 2.05) is 0 Å². The summed E-state index contributed by atoms with van der Waals surface area (Å²) in [7, 11) is -4.07. The summed E-state index contributed by atoms with van der Waals surface area (Å²) >= 11 is 0. The van der Waals surface area contributed by atoms with Crippen LogP contribution in [0.4, 0.5) is 0 Å².